The lowest BCUT2D eigenvalue weighted by Crippen LogP contribution is -2.46. The Morgan fingerprint density at radius 1 is 1.36 bits per heavy atom. The molecule has 138 valence electrons. The summed E-state index contributed by atoms with van der Waals surface area (Å²) in [6.45, 7) is 6.12. The second-order valence-electron chi connectivity index (χ2n) is 6.64. The van der Waals surface area contributed by atoms with Gasteiger partial charge in [0, 0.05) is 51.5 Å². The van der Waals surface area contributed by atoms with E-state index in [0.29, 0.717) is 25.9 Å². The molecule has 2 N–H and O–H groups in total. The van der Waals surface area contributed by atoms with Crippen molar-refractivity contribution in [1.82, 2.24) is 25.1 Å². The number of piperidine rings is 1. The molecule has 0 aliphatic carbocycles. The van der Waals surface area contributed by atoms with Crippen LogP contribution in [0, 0.1) is 5.92 Å². The highest BCUT2D eigenvalue weighted by Gasteiger charge is 2.30. The first-order valence-corrected chi connectivity index (χ1v) is 9.06. The van der Waals surface area contributed by atoms with Gasteiger partial charge >= 0.3 is 0 Å². The number of hydrogen-bond donors (Lipinski definition) is 2. The summed E-state index contributed by atoms with van der Waals surface area (Å²) < 4.78 is 5.35. The number of nitrogens with one attached hydrogen (secondary N) is 2. The Kier molecular flexibility index (Phi) is 6.41. The quantitative estimate of drug-likeness (QED) is 0.722. The number of hydrogen-bond acceptors (Lipinski definition) is 5. The SMILES string of the molecule is O=C(NCc1ncc[nH]1)[C@@H]1CCC(=O)N(CCCN2CCOCC2)C1. The first-order chi connectivity index (χ1) is 12.2. The Bertz CT molecular complexity index is 557. The smallest absolute Gasteiger partial charge is 0.225 e. The van der Waals surface area contributed by atoms with Crippen molar-refractivity contribution in [2.75, 3.05) is 45.9 Å². The number of aromatic amines is 1. The van der Waals surface area contributed by atoms with Crippen molar-refractivity contribution in [3.05, 3.63) is 18.2 Å². The molecule has 1 aromatic heterocycles. The highest BCUT2D eigenvalue weighted by Crippen LogP contribution is 2.18. The lowest BCUT2D eigenvalue weighted by atomic mass is 9.96. The molecule has 25 heavy (non-hydrogen) atoms. The maximum absolute atomic E-state index is 12.4. The van der Waals surface area contributed by atoms with Crippen molar-refractivity contribution >= 4 is 11.8 Å². The first-order valence-electron chi connectivity index (χ1n) is 9.06. The molecule has 0 aromatic carbocycles. The van der Waals surface area contributed by atoms with Gasteiger partial charge in [-0.3, -0.25) is 14.5 Å². The van der Waals surface area contributed by atoms with Gasteiger partial charge in [0.2, 0.25) is 11.8 Å². The number of imidazole rings is 1. The summed E-state index contributed by atoms with van der Waals surface area (Å²) in [4.78, 5) is 35.8. The van der Waals surface area contributed by atoms with Gasteiger partial charge in [0.05, 0.1) is 25.7 Å². The van der Waals surface area contributed by atoms with E-state index >= 15 is 0 Å². The Labute approximate surface area is 147 Å². The third-order valence-electron chi connectivity index (χ3n) is 4.86. The molecule has 2 aliphatic heterocycles. The van der Waals surface area contributed by atoms with Crippen molar-refractivity contribution in [1.29, 1.82) is 0 Å². The van der Waals surface area contributed by atoms with Crippen molar-refractivity contribution in [3.63, 3.8) is 0 Å². The van der Waals surface area contributed by atoms with Crippen LogP contribution in [0.1, 0.15) is 25.1 Å². The highest BCUT2D eigenvalue weighted by atomic mass is 16.5. The number of ether oxygens (including phenoxy) is 1. The molecule has 2 saturated heterocycles. The van der Waals surface area contributed by atoms with E-state index in [-0.39, 0.29) is 17.7 Å². The third-order valence-corrected chi connectivity index (χ3v) is 4.86. The number of nitrogens with zero attached hydrogens (tertiary/aromatic N) is 3. The topological polar surface area (TPSA) is 90.6 Å². The molecule has 1 aromatic rings. The summed E-state index contributed by atoms with van der Waals surface area (Å²) >= 11 is 0. The van der Waals surface area contributed by atoms with Gasteiger partial charge in [0.15, 0.2) is 0 Å². The minimum atomic E-state index is -0.129. The van der Waals surface area contributed by atoms with Crippen LogP contribution in [0.2, 0.25) is 0 Å². The van der Waals surface area contributed by atoms with Crippen LogP contribution >= 0.6 is 0 Å². The molecule has 8 nitrogen and oxygen atoms in total. The van der Waals surface area contributed by atoms with Crippen molar-refractivity contribution in [2.24, 2.45) is 5.92 Å². The van der Waals surface area contributed by atoms with Crippen molar-refractivity contribution in [3.8, 4) is 0 Å². The standard InChI is InChI=1S/C17H27N5O3/c23-16-3-2-14(17(24)20-12-15-18-4-5-19-15)13-22(16)7-1-6-21-8-10-25-11-9-21/h4-5,14H,1-3,6-13H2,(H,18,19)(H,20,24)/t14-/m1/s1. The zero-order valence-corrected chi connectivity index (χ0v) is 14.6. The van der Waals surface area contributed by atoms with Crippen LogP contribution < -0.4 is 5.32 Å². The average molecular weight is 349 g/mol. The molecule has 0 saturated carbocycles. The normalized spacial score (nSPS) is 22.2. The molecule has 8 heteroatoms. The largest absolute Gasteiger partial charge is 0.379 e. The molecular formula is C17H27N5O3. The number of rotatable bonds is 7. The van der Waals surface area contributed by atoms with E-state index in [4.69, 9.17) is 4.74 Å². The summed E-state index contributed by atoms with van der Waals surface area (Å²) in [6.07, 6.45) is 5.42. The summed E-state index contributed by atoms with van der Waals surface area (Å²) in [5, 5.41) is 2.91. The van der Waals surface area contributed by atoms with Gasteiger partial charge in [0.1, 0.15) is 5.82 Å². The zero-order chi connectivity index (χ0) is 17.5. The fourth-order valence-corrected chi connectivity index (χ4v) is 3.36. The van der Waals surface area contributed by atoms with E-state index in [1.165, 1.54) is 0 Å². The third kappa shape index (κ3) is 5.27. The Morgan fingerprint density at radius 3 is 2.96 bits per heavy atom. The lowest BCUT2D eigenvalue weighted by Gasteiger charge is -2.33. The van der Waals surface area contributed by atoms with Crippen molar-refractivity contribution < 1.29 is 14.3 Å². The van der Waals surface area contributed by atoms with E-state index in [1.54, 1.807) is 12.4 Å². The fourth-order valence-electron chi connectivity index (χ4n) is 3.36. The number of likely N-dealkylation sites (tertiary alicyclic amines) is 1. The Morgan fingerprint density at radius 2 is 2.20 bits per heavy atom. The summed E-state index contributed by atoms with van der Waals surface area (Å²) in [6, 6.07) is 0. The fraction of sp³-hybridized carbons (Fsp3) is 0.706. The van der Waals surface area contributed by atoms with E-state index in [0.717, 1.165) is 51.6 Å². The average Bonchev–Trinajstić information content (AvgIpc) is 3.16. The van der Waals surface area contributed by atoms with Gasteiger partial charge in [-0.05, 0) is 12.8 Å². The Hall–Kier alpha value is -1.93. The maximum Gasteiger partial charge on any atom is 0.225 e. The summed E-state index contributed by atoms with van der Waals surface area (Å²) in [7, 11) is 0. The van der Waals surface area contributed by atoms with Gasteiger partial charge in [-0.15, -0.1) is 0 Å². The summed E-state index contributed by atoms with van der Waals surface area (Å²) in [5.41, 5.74) is 0. The van der Waals surface area contributed by atoms with Crippen LogP contribution in [0.15, 0.2) is 12.4 Å². The molecule has 0 radical (unpaired) electrons. The number of carbonyl (C=O) groups is 2. The van der Waals surface area contributed by atoms with Crippen LogP contribution in [0.3, 0.4) is 0 Å². The Balaban J connectivity index is 1.40. The predicted octanol–water partition coefficient (Wildman–Crippen LogP) is -0.0132. The molecule has 0 unspecified atom stereocenters. The molecule has 1 atom stereocenters. The number of carbonyl (C=O) groups excluding carboxylic acids is 2. The molecule has 2 amide bonds. The van der Waals surface area contributed by atoms with E-state index < -0.39 is 0 Å². The zero-order valence-electron chi connectivity index (χ0n) is 14.6. The van der Waals surface area contributed by atoms with Crippen molar-refractivity contribution in [2.45, 2.75) is 25.8 Å². The van der Waals surface area contributed by atoms with Gasteiger partial charge in [-0.2, -0.15) is 0 Å². The van der Waals surface area contributed by atoms with Gasteiger partial charge in [-0.1, -0.05) is 0 Å². The minimum Gasteiger partial charge on any atom is -0.379 e. The molecule has 0 bridgehead atoms. The number of amides is 2. The van der Waals surface area contributed by atoms with Crippen LogP contribution in [-0.4, -0.2) is 77.5 Å². The maximum atomic E-state index is 12.4. The minimum absolute atomic E-state index is 0.00193. The van der Waals surface area contributed by atoms with Crippen LogP contribution in [0.4, 0.5) is 0 Å². The van der Waals surface area contributed by atoms with Crippen LogP contribution in [0.25, 0.3) is 0 Å². The molecule has 3 rings (SSSR count). The lowest BCUT2D eigenvalue weighted by molar-refractivity contribution is -0.138. The number of H-pyrrole nitrogens is 1. The second kappa shape index (κ2) is 8.96. The number of morpholine rings is 1. The highest BCUT2D eigenvalue weighted by molar-refractivity contribution is 5.83. The molecular weight excluding hydrogens is 322 g/mol. The van der Waals surface area contributed by atoms with Gasteiger partial charge in [0.25, 0.3) is 0 Å². The van der Waals surface area contributed by atoms with E-state index in [9.17, 15) is 9.59 Å². The molecule has 3 heterocycles. The number of aromatic nitrogens is 2. The van der Waals surface area contributed by atoms with E-state index in [2.05, 4.69) is 20.2 Å². The molecule has 2 fully saturated rings. The monoisotopic (exact) mass is 349 g/mol. The van der Waals surface area contributed by atoms with Crippen LogP contribution in [0.5, 0.6) is 0 Å². The second-order valence-corrected chi connectivity index (χ2v) is 6.64. The summed E-state index contributed by atoms with van der Waals surface area (Å²) in [5.74, 6) is 0.776. The molecule has 0 spiro atoms. The van der Waals surface area contributed by atoms with E-state index in [1.807, 2.05) is 4.90 Å². The van der Waals surface area contributed by atoms with Crippen LogP contribution in [-0.2, 0) is 20.9 Å². The van der Waals surface area contributed by atoms with Gasteiger partial charge in [-0.25, -0.2) is 4.98 Å². The van der Waals surface area contributed by atoms with Gasteiger partial charge < -0.3 is 19.9 Å². The molecule has 2 aliphatic rings. The first kappa shape index (κ1) is 17.9. The predicted molar refractivity (Wildman–Crippen MR) is 91.6 cm³/mol.